The lowest BCUT2D eigenvalue weighted by molar-refractivity contribution is -0.137. The maximum Gasteiger partial charge on any atom is 0.416 e. The summed E-state index contributed by atoms with van der Waals surface area (Å²) >= 11 is 1.09. The number of hydrogen-bond acceptors (Lipinski definition) is 4. The van der Waals surface area contributed by atoms with Gasteiger partial charge in [0.05, 0.1) is 11.3 Å². The Bertz CT molecular complexity index is 634. The lowest BCUT2D eigenvalue weighted by Crippen LogP contribution is -2.06. The van der Waals surface area contributed by atoms with Crippen molar-refractivity contribution < 1.29 is 18.0 Å². The maximum atomic E-state index is 12.7. The van der Waals surface area contributed by atoms with Crippen molar-refractivity contribution >= 4 is 22.8 Å². The zero-order chi connectivity index (χ0) is 14.2. The van der Waals surface area contributed by atoms with Crippen molar-refractivity contribution in [1.82, 2.24) is 4.98 Å². The summed E-state index contributed by atoms with van der Waals surface area (Å²) in [4.78, 5) is 15.1. The molecule has 0 aliphatic heterocycles. The molecule has 0 aliphatic rings. The second-order valence-corrected chi connectivity index (χ2v) is 4.79. The fourth-order valence-corrected chi connectivity index (χ4v) is 2.26. The molecular formula is C12H9F3N2OS. The normalized spacial score (nSPS) is 11.6. The highest BCUT2D eigenvalue weighted by atomic mass is 32.1. The molecule has 1 aromatic heterocycles. The van der Waals surface area contributed by atoms with E-state index in [9.17, 15) is 18.0 Å². The number of ketones is 1. The number of benzene rings is 1. The van der Waals surface area contributed by atoms with Gasteiger partial charge in [0, 0.05) is 23.6 Å². The molecule has 0 spiro atoms. The number of hydrogen-bond donors (Lipinski definition) is 1. The second kappa shape index (κ2) is 4.65. The molecule has 0 unspecified atom stereocenters. The van der Waals surface area contributed by atoms with Crippen LogP contribution in [-0.4, -0.2) is 10.8 Å². The number of nitrogens with two attached hydrogens (primary N) is 1. The van der Waals surface area contributed by atoms with Crippen molar-refractivity contribution in [2.75, 3.05) is 5.73 Å². The SMILES string of the molecule is CC(=O)c1nc(-c2cc(N)cc(C(F)(F)F)c2)cs1. The summed E-state index contributed by atoms with van der Waals surface area (Å²) < 4.78 is 38.0. The van der Waals surface area contributed by atoms with Crippen LogP contribution in [0.1, 0.15) is 22.3 Å². The van der Waals surface area contributed by atoms with Crippen LogP contribution in [0.3, 0.4) is 0 Å². The predicted octanol–water partition coefficient (Wildman–Crippen LogP) is 3.61. The number of halogens is 3. The van der Waals surface area contributed by atoms with E-state index in [1.807, 2.05) is 0 Å². The van der Waals surface area contributed by atoms with E-state index in [0.29, 0.717) is 5.69 Å². The Balaban J connectivity index is 2.50. The lowest BCUT2D eigenvalue weighted by Gasteiger charge is -2.09. The molecule has 7 heteroatoms. The number of anilines is 1. The van der Waals surface area contributed by atoms with Gasteiger partial charge in [0.15, 0.2) is 10.8 Å². The Morgan fingerprint density at radius 1 is 1.32 bits per heavy atom. The summed E-state index contributed by atoms with van der Waals surface area (Å²) in [5.74, 6) is -0.226. The first-order valence-corrected chi connectivity index (χ1v) is 6.10. The third-order valence-electron chi connectivity index (χ3n) is 2.38. The molecule has 0 fully saturated rings. The molecule has 0 radical (unpaired) electrons. The van der Waals surface area contributed by atoms with Crippen molar-refractivity contribution in [3.63, 3.8) is 0 Å². The number of nitrogens with zero attached hydrogens (tertiary/aromatic N) is 1. The highest BCUT2D eigenvalue weighted by molar-refractivity contribution is 7.12. The number of thiazole rings is 1. The third-order valence-corrected chi connectivity index (χ3v) is 3.33. The zero-order valence-electron chi connectivity index (χ0n) is 9.78. The van der Waals surface area contributed by atoms with Crippen LogP contribution in [0.5, 0.6) is 0 Å². The quantitative estimate of drug-likeness (QED) is 0.677. The van der Waals surface area contributed by atoms with Crippen LogP contribution < -0.4 is 5.73 Å². The Labute approximate surface area is 110 Å². The van der Waals surface area contributed by atoms with E-state index in [2.05, 4.69) is 4.98 Å². The fraction of sp³-hybridized carbons (Fsp3) is 0.167. The van der Waals surface area contributed by atoms with Crippen molar-refractivity contribution in [3.05, 3.63) is 34.2 Å². The van der Waals surface area contributed by atoms with E-state index in [1.165, 1.54) is 18.4 Å². The summed E-state index contributed by atoms with van der Waals surface area (Å²) in [6, 6.07) is 3.23. The average molecular weight is 286 g/mol. The zero-order valence-corrected chi connectivity index (χ0v) is 10.6. The van der Waals surface area contributed by atoms with E-state index in [1.54, 1.807) is 0 Å². The Morgan fingerprint density at radius 3 is 2.53 bits per heavy atom. The van der Waals surface area contributed by atoms with Gasteiger partial charge < -0.3 is 5.73 Å². The minimum atomic E-state index is -4.47. The Kier molecular flexibility index (Phi) is 3.32. The van der Waals surface area contributed by atoms with Gasteiger partial charge in [0.2, 0.25) is 0 Å². The molecule has 1 aromatic carbocycles. The van der Waals surface area contributed by atoms with Crippen LogP contribution >= 0.6 is 11.3 Å². The molecule has 0 saturated heterocycles. The van der Waals surface area contributed by atoms with Crippen LogP contribution in [-0.2, 0) is 6.18 Å². The fourth-order valence-electron chi connectivity index (χ4n) is 1.53. The van der Waals surface area contributed by atoms with Gasteiger partial charge in [-0.3, -0.25) is 4.79 Å². The summed E-state index contributed by atoms with van der Waals surface area (Å²) in [6.45, 7) is 1.35. The van der Waals surface area contributed by atoms with E-state index in [4.69, 9.17) is 5.73 Å². The summed E-state index contributed by atoms with van der Waals surface area (Å²) in [7, 11) is 0. The first kappa shape index (κ1) is 13.5. The Morgan fingerprint density at radius 2 is 2.00 bits per heavy atom. The number of nitrogen functional groups attached to an aromatic ring is 1. The predicted molar refractivity (Wildman–Crippen MR) is 67.0 cm³/mol. The molecule has 0 saturated carbocycles. The largest absolute Gasteiger partial charge is 0.416 e. The maximum absolute atomic E-state index is 12.7. The van der Waals surface area contributed by atoms with Crippen LogP contribution in [0.25, 0.3) is 11.3 Å². The lowest BCUT2D eigenvalue weighted by atomic mass is 10.1. The Hall–Kier alpha value is -1.89. The molecular weight excluding hydrogens is 277 g/mol. The van der Waals surface area contributed by atoms with Gasteiger partial charge in [-0.05, 0) is 18.2 Å². The van der Waals surface area contributed by atoms with Gasteiger partial charge in [-0.25, -0.2) is 4.98 Å². The van der Waals surface area contributed by atoms with Crippen molar-refractivity contribution in [2.45, 2.75) is 13.1 Å². The van der Waals surface area contributed by atoms with Crippen molar-refractivity contribution in [3.8, 4) is 11.3 Å². The molecule has 19 heavy (non-hydrogen) atoms. The molecule has 0 aliphatic carbocycles. The highest BCUT2D eigenvalue weighted by Crippen LogP contribution is 2.34. The van der Waals surface area contributed by atoms with Crippen LogP contribution in [0.2, 0.25) is 0 Å². The number of alkyl halides is 3. The molecule has 2 rings (SSSR count). The standard InChI is InChI=1S/C12H9F3N2OS/c1-6(18)11-17-10(5-19-11)7-2-8(12(13,14)15)4-9(16)3-7/h2-5H,16H2,1H3. The minimum Gasteiger partial charge on any atom is -0.399 e. The van der Waals surface area contributed by atoms with E-state index in [0.717, 1.165) is 23.5 Å². The van der Waals surface area contributed by atoms with Gasteiger partial charge in [-0.1, -0.05) is 0 Å². The molecule has 0 atom stereocenters. The van der Waals surface area contributed by atoms with Crippen molar-refractivity contribution in [2.24, 2.45) is 0 Å². The van der Waals surface area contributed by atoms with Crippen LogP contribution in [0, 0.1) is 0 Å². The van der Waals surface area contributed by atoms with Crippen LogP contribution in [0.4, 0.5) is 18.9 Å². The van der Waals surface area contributed by atoms with Gasteiger partial charge in [0.25, 0.3) is 0 Å². The number of carbonyl (C=O) groups is 1. The third kappa shape index (κ3) is 2.93. The molecule has 3 nitrogen and oxygen atoms in total. The topological polar surface area (TPSA) is 56.0 Å². The number of Topliss-reactive ketones (excluding diaryl/α,β-unsaturated/α-hetero) is 1. The summed E-state index contributed by atoms with van der Waals surface area (Å²) in [5.41, 5.74) is 5.20. The molecule has 0 amide bonds. The van der Waals surface area contributed by atoms with E-state index >= 15 is 0 Å². The highest BCUT2D eigenvalue weighted by Gasteiger charge is 2.31. The van der Waals surface area contributed by atoms with Gasteiger partial charge in [0.1, 0.15) is 0 Å². The number of rotatable bonds is 2. The van der Waals surface area contributed by atoms with Gasteiger partial charge in [-0.2, -0.15) is 13.2 Å². The minimum absolute atomic E-state index is 0.00204. The van der Waals surface area contributed by atoms with Crippen molar-refractivity contribution in [1.29, 1.82) is 0 Å². The average Bonchev–Trinajstić information content (AvgIpc) is 2.76. The molecule has 100 valence electrons. The summed E-state index contributed by atoms with van der Waals surface area (Å²) in [5, 5.41) is 1.79. The number of aromatic nitrogens is 1. The molecule has 2 N–H and O–H groups in total. The number of carbonyl (C=O) groups excluding carboxylic acids is 1. The second-order valence-electron chi connectivity index (χ2n) is 3.94. The van der Waals surface area contributed by atoms with E-state index < -0.39 is 11.7 Å². The smallest absolute Gasteiger partial charge is 0.399 e. The molecule has 2 aromatic rings. The van der Waals surface area contributed by atoms with E-state index in [-0.39, 0.29) is 22.0 Å². The first-order chi connectivity index (χ1) is 8.77. The first-order valence-electron chi connectivity index (χ1n) is 5.22. The van der Waals surface area contributed by atoms with Gasteiger partial charge >= 0.3 is 6.18 Å². The molecule has 1 heterocycles. The molecule has 0 bridgehead atoms. The van der Waals surface area contributed by atoms with Crippen LogP contribution in [0.15, 0.2) is 23.6 Å². The van der Waals surface area contributed by atoms with Gasteiger partial charge in [-0.15, -0.1) is 11.3 Å². The summed E-state index contributed by atoms with van der Waals surface area (Å²) in [6.07, 6.45) is -4.47. The monoisotopic (exact) mass is 286 g/mol.